The number of carbonyl (C=O) groups excluding carboxylic acids is 2. The average Bonchev–Trinajstić information content (AvgIpc) is 2.89. The van der Waals surface area contributed by atoms with Crippen LogP contribution in [-0.2, 0) is 22.4 Å². The molecule has 0 spiro atoms. The standard InChI is InChI=1S/C15H15Cl2N3O2S/c16-11-5-4-9(6-12(11)17)2-1-3-14(22)20-15-19-10(8-23-15)7-13(18)21/h4-6,8H,1-3,7H2,(H2,18,21)(H,19,20,22). The minimum Gasteiger partial charge on any atom is -0.369 e. The molecule has 2 amide bonds. The fraction of sp³-hybridized carbons (Fsp3) is 0.267. The molecule has 8 heteroatoms. The van der Waals surface area contributed by atoms with E-state index in [0.29, 0.717) is 33.7 Å². The zero-order valence-corrected chi connectivity index (χ0v) is 14.5. The second-order valence-corrected chi connectivity index (χ2v) is 6.61. The van der Waals surface area contributed by atoms with Gasteiger partial charge in [0.15, 0.2) is 5.13 Å². The highest BCUT2D eigenvalue weighted by molar-refractivity contribution is 7.13. The summed E-state index contributed by atoms with van der Waals surface area (Å²) in [5, 5.41) is 5.92. The lowest BCUT2D eigenvalue weighted by Crippen LogP contribution is -2.14. The van der Waals surface area contributed by atoms with Gasteiger partial charge in [-0.2, -0.15) is 0 Å². The lowest BCUT2D eigenvalue weighted by molar-refractivity contribution is -0.117. The van der Waals surface area contributed by atoms with Crippen molar-refractivity contribution < 1.29 is 9.59 Å². The van der Waals surface area contributed by atoms with Gasteiger partial charge in [0.25, 0.3) is 0 Å². The van der Waals surface area contributed by atoms with Gasteiger partial charge in [0, 0.05) is 11.8 Å². The zero-order chi connectivity index (χ0) is 16.8. The van der Waals surface area contributed by atoms with E-state index < -0.39 is 5.91 Å². The summed E-state index contributed by atoms with van der Waals surface area (Å²) in [6.07, 6.45) is 1.85. The predicted octanol–water partition coefficient (Wildman–Crippen LogP) is 3.44. The highest BCUT2D eigenvalue weighted by atomic mass is 35.5. The normalized spacial score (nSPS) is 10.5. The maximum atomic E-state index is 11.9. The van der Waals surface area contributed by atoms with Gasteiger partial charge in [-0.1, -0.05) is 29.3 Å². The van der Waals surface area contributed by atoms with Crippen LogP contribution in [0.1, 0.15) is 24.1 Å². The summed E-state index contributed by atoms with van der Waals surface area (Å²) in [7, 11) is 0. The van der Waals surface area contributed by atoms with Gasteiger partial charge in [-0.3, -0.25) is 9.59 Å². The number of halogens is 2. The van der Waals surface area contributed by atoms with E-state index in [1.54, 1.807) is 17.5 Å². The number of anilines is 1. The van der Waals surface area contributed by atoms with Crippen molar-refractivity contribution in [2.45, 2.75) is 25.7 Å². The molecule has 0 radical (unpaired) electrons. The largest absolute Gasteiger partial charge is 0.369 e. The molecule has 3 N–H and O–H groups in total. The molecule has 5 nitrogen and oxygen atoms in total. The molecule has 0 fully saturated rings. The Hall–Kier alpha value is -1.63. The van der Waals surface area contributed by atoms with Crippen LogP contribution in [-0.4, -0.2) is 16.8 Å². The van der Waals surface area contributed by atoms with Gasteiger partial charge in [0.05, 0.1) is 22.2 Å². The Kier molecular flexibility index (Phi) is 6.38. The van der Waals surface area contributed by atoms with Crippen molar-refractivity contribution in [3.8, 4) is 0 Å². The lowest BCUT2D eigenvalue weighted by atomic mass is 10.1. The smallest absolute Gasteiger partial charge is 0.226 e. The zero-order valence-electron chi connectivity index (χ0n) is 12.1. The van der Waals surface area contributed by atoms with E-state index in [1.807, 2.05) is 6.07 Å². The summed E-state index contributed by atoms with van der Waals surface area (Å²) in [5.74, 6) is -0.570. The van der Waals surface area contributed by atoms with Crippen LogP contribution in [0.25, 0.3) is 0 Å². The highest BCUT2D eigenvalue weighted by Crippen LogP contribution is 2.23. The molecule has 1 aromatic heterocycles. The van der Waals surface area contributed by atoms with Crippen molar-refractivity contribution in [2.75, 3.05) is 5.32 Å². The Morgan fingerprint density at radius 2 is 2.04 bits per heavy atom. The van der Waals surface area contributed by atoms with Crippen LogP contribution >= 0.6 is 34.5 Å². The maximum Gasteiger partial charge on any atom is 0.226 e. The van der Waals surface area contributed by atoms with Gasteiger partial charge in [-0.05, 0) is 30.5 Å². The van der Waals surface area contributed by atoms with Crippen molar-refractivity contribution in [3.63, 3.8) is 0 Å². The Morgan fingerprint density at radius 1 is 1.26 bits per heavy atom. The van der Waals surface area contributed by atoms with Crippen LogP contribution < -0.4 is 11.1 Å². The number of primary amides is 1. The van der Waals surface area contributed by atoms with Crippen molar-refractivity contribution in [3.05, 3.63) is 44.9 Å². The summed E-state index contributed by atoms with van der Waals surface area (Å²) in [4.78, 5) is 26.8. The number of nitrogens with one attached hydrogen (secondary N) is 1. The first-order chi connectivity index (χ1) is 10.9. The number of hydrogen-bond donors (Lipinski definition) is 2. The number of aromatic nitrogens is 1. The molecule has 0 bridgehead atoms. The molecule has 23 heavy (non-hydrogen) atoms. The number of nitrogens with two attached hydrogens (primary N) is 1. The van der Waals surface area contributed by atoms with Crippen LogP contribution in [0.2, 0.25) is 10.0 Å². The van der Waals surface area contributed by atoms with E-state index in [1.165, 1.54) is 11.3 Å². The van der Waals surface area contributed by atoms with E-state index >= 15 is 0 Å². The number of benzene rings is 1. The Labute approximate surface area is 147 Å². The number of carbonyl (C=O) groups is 2. The number of rotatable bonds is 7. The minimum atomic E-state index is -0.449. The van der Waals surface area contributed by atoms with Crippen molar-refractivity contribution >= 4 is 51.5 Å². The first-order valence-electron chi connectivity index (χ1n) is 6.90. The van der Waals surface area contributed by atoms with Crippen molar-refractivity contribution in [1.82, 2.24) is 4.98 Å². The van der Waals surface area contributed by atoms with E-state index in [0.717, 1.165) is 12.0 Å². The Balaban J connectivity index is 1.77. The van der Waals surface area contributed by atoms with E-state index in [-0.39, 0.29) is 12.3 Å². The molecule has 1 heterocycles. The third-order valence-corrected chi connectivity index (χ3v) is 4.55. The molecular formula is C15H15Cl2N3O2S. The SMILES string of the molecule is NC(=O)Cc1csc(NC(=O)CCCc2ccc(Cl)c(Cl)c2)n1. The Morgan fingerprint density at radius 3 is 2.74 bits per heavy atom. The molecular weight excluding hydrogens is 357 g/mol. The number of aryl methyl sites for hydroxylation is 1. The average molecular weight is 372 g/mol. The van der Waals surface area contributed by atoms with Gasteiger partial charge in [0.1, 0.15) is 0 Å². The van der Waals surface area contributed by atoms with E-state index in [2.05, 4.69) is 10.3 Å². The third kappa shape index (κ3) is 5.82. The quantitative estimate of drug-likeness (QED) is 0.781. The fourth-order valence-electron chi connectivity index (χ4n) is 1.95. The number of amides is 2. The fourth-order valence-corrected chi connectivity index (χ4v) is 3.00. The van der Waals surface area contributed by atoms with Crippen LogP contribution in [0.15, 0.2) is 23.6 Å². The van der Waals surface area contributed by atoms with Crippen molar-refractivity contribution in [1.29, 1.82) is 0 Å². The Bertz CT molecular complexity index is 718. The number of hydrogen-bond acceptors (Lipinski definition) is 4. The highest BCUT2D eigenvalue weighted by Gasteiger charge is 2.08. The maximum absolute atomic E-state index is 11.9. The topological polar surface area (TPSA) is 85.1 Å². The van der Waals surface area contributed by atoms with Gasteiger partial charge >= 0.3 is 0 Å². The molecule has 1 aromatic carbocycles. The van der Waals surface area contributed by atoms with Crippen LogP contribution in [0.3, 0.4) is 0 Å². The third-order valence-electron chi connectivity index (χ3n) is 3.01. The lowest BCUT2D eigenvalue weighted by Gasteiger charge is -2.04. The summed E-state index contributed by atoms with van der Waals surface area (Å²) < 4.78 is 0. The van der Waals surface area contributed by atoms with Crippen molar-refractivity contribution in [2.24, 2.45) is 5.73 Å². The van der Waals surface area contributed by atoms with Crippen LogP contribution in [0.4, 0.5) is 5.13 Å². The molecule has 0 aliphatic rings. The monoisotopic (exact) mass is 371 g/mol. The van der Waals surface area contributed by atoms with Gasteiger partial charge in [-0.25, -0.2) is 4.98 Å². The summed E-state index contributed by atoms with van der Waals surface area (Å²) in [6, 6.07) is 5.44. The molecule has 2 aromatic rings. The molecule has 0 aliphatic heterocycles. The van der Waals surface area contributed by atoms with E-state index in [9.17, 15) is 9.59 Å². The van der Waals surface area contributed by atoms with Gasteiger partial charge in [-0.15, -0.1) is 11.3 Å². The summed E-state index contributed by atoms with van der Waals surface area (Å²) in [5.41, 5.74) is 6.69. The molecule has 0 atom stereocenters. The molecule has 0 aliphatic carbocycles. The molecule has 2 rings (SSSR count). The summed E-state index contributed by atoms with van der Waals surface area (Å²) in [6.45, 7) is 0. The van der Waals surface area contributed by atoms with E-state index in [4.69, 9.17) is 28.9 Å². The molecule has 0 unspecified atom stereocenters. The minimum absolute atomic E-state index is 0.0731. The first kappa shape index (κ1) is 17.7. The van der Waals surface area contributed by atoms with Gasteiger partial charge in [0.2, 0.25) is 11.8 Å². The van der Waals surface area contributed by atoms with Gasteiger partial charge < -0.3 is 11.1 Å². The molecule has 0 saturated carbocycles. The first-order valence-corrected chi connectivity index (χ1v) is 8.54. The number of thiazole rings is 1. The summed E-state index contributed by atoms with van der Waals surface area (Å²) >= 11 is 13.1. The molecule has 0 saturated heterocycles. The van der Waals surface area contributed by atoms with Crippen LogP contribution in [0.5, 0.6) is 0 Å². The van der Waals surface area contributed by atoms with Crippen LogP contribution in [0, 0.1) is 0 Å². The predicted molar refractivity (Wildman–Crippen MR) is 93.0 cm³/mol. The molecule has 122 valence electrons. The number of nitrogens with zero attached hydrogens (tertiary/aromatic N) is 1. The second-order valence-electron chi connectivity index (χ2n) is 4.94. The second kappa shape index (κ2) is 8.29.